The summed E-state index contributed by atoms with van der Waals surface area (Å²) in [5.41, 5.74) is 8.59. The van der Waals surface area contributed by atoms with Crippen LogP contribution in [0.4, 0.5) is 17.1 Å². The summed E-state index contributed by atoms with van der Waals surface area (Å²) < 4.78 is 6.13. The Labute approximate surface area is 119 Å². The summed E-state index contributed by atoms with van der Waals surface area (Å²) in [5.74, 6) is 0.614. The van der Waals surface area contributed by atoms with Crippen molar-refractivity contribution in [1.82, 2.24) is 0 Å². The molecular formula is C14H12BrN3O. The Balaban J connectivity index is 2.35. The fraction of sp³-hybridized carbons (Fsp3) is 0.0714. The van der Waals surface area contributed by atoms with Gasteiger partial charge in [-0.2, -0.15) is 5.26 Å². The van der Waals surface area contributed by atoms with Crippen molar-refractivity contribution in [3.8, 4) is 11.8 Å². The van der Waals surface area contributed by atoms with Crippen LogP contribution in [0, 0.1) is 11.3 Å². The smallest absolute Gasteiger partial charge is 0.143 e. The maximum Gasteiger partial charge on any atom is 0.143 e. The number of rotatable bonds is 3. The van der Waals surface area contributed by atoms with Gasteiger partial charge in [0, 0.05) is 16.2 Å². The van der Waals surface area contributed by atoms with Crippen LogP contribution in [0.15, 0.2) is 40.9 Å². The van der Waals surface area contributed by atoms with E-state index in [0.29, 0.717) is 17.0 Å². The van der Waals surface area contributed by atoms with Crippen molar-refractivity contribution >= 4 is 33.0 Å². The van der Waals surface area contributed by atoms with Gasteiger partial charge in [-0.3, -0.25) is 0 Å². The Kier molecular flexibility index (Phi) is 3.93. The summed E-state index contributed by atoms with van der Waals surface area (Å²) in [5, 5.41) is 12.1. The zero-order valence-electron chi connectivity index (χ0n) is 10.3. The lowest BCUT2D eigenvalue weighted by Crippen LogP contribution is -1.96. The average molecular weight is 318 g/mol. The highest BCUT2D eigenvalue weighted by Crippen LogP contribution is 2.32. The van der Waals surface area contributed by atoms with Crippen LogP contribution in [0.5, 0.6) is 5.75 Å². The van der Waals surface area contributed by atoms with Gasteiger partial charge in [0.25, 0.3) is 0 Å². The number of hydrogen-bond acceptors (Lipinski definition) is 4. The lowest BCUT2D eigenvalue weighted by atomic mass is 10.2. The Hall–Kier alpha value is -2.19. The molecule has 0 aliphatic heterocycles. The molecule has 0 spiro atoms. The summed E-state index contributed by atoms with van der Waals surface area (Å²) in [6.45, 7) is 0. The number of nitrogens with two attached hydrogens (primary N) is 1. The molecule has 0 saturated heterocycles. The molecule has 0 radical (unpaired) electrons. The normalized spacial score (nSPS) is 9.74. The summed E-state index contributed by atoms with van der Waals surface area (Å²) in [7, 11) is 1.57. The van der Waals surface area contributed by atoms with Crippen molar-refractivity contribution < 1.29 is 4.74 Å². The van der Waals surface area contributed by atoms with Crippen LogP contribution >= 0.6 is 15.9 Å². The zero-order valence-corrected chi connectivity index (χ0v) is 11.9. The van der Waals surface area contributed by atoms with E-state index in [2.05, 4.69) is 27.3 Å². The van der Waals surface area contributed by atoms with Gasteiger partial charge in [0.05, 0.1) is 30.1 Å². The number of methoxy groups -OCH3 is 1. The number of nitriles is 1. The van der Waals surface area contributed by atoms with Crippen LogP contribution in [0.25, 0.3) is 0 Å². The summed E-state index contributed by atoms with van der Waals surface area (Å²) in [4.78, 5) is 0. The fourth-order valence-electron chi connectivity index (χ4n) is 1.64. The minimum atomic E-state index is 0.554. The van der Waals surface area contributed by atoms with Gasteiger partial charge in [0.1, 0.15) is 5.75 Å². The fourth-order valence-corrected chi connectivity index (χ4v) is 2.14. The van der Waals surface area contributed by atoms with Gasteiger partial charge in [0.15, 0.2) is 0 Å². The SMILES string of the molecule is COc1cc(C#N)ccc1Nc1ccc(N)cc1Br. The van der Waals surface area contributed by atoms with Crippen LogP contribution in [0.3, 0.4) is 0 Å². The summed E-state index contributed by atoms with van der Waals surface area (Å²) >= 11 is 3.44. The number of nitrogens with one attached hydrogen (secondary N) is 1. The molecule has 2 rings (SSSR count). The molecule has 4 nitrogen and oxygen atoms in total. The first-order chi connectivity index (χ1) is 9.13. The number of benzene rings is 2. The molecule has 0 saturated carbocycles. The molecule has 0 amide bonds. The molecule has 96 valence electrons. The third-order valence-corrected chi connectivity index (χ3v) is 3.25. The number of nitrogens with zero attached hydrogens (tertiary/aromatic N) is 1. The molecule has 0 bridgehead atoms. The number of halogens is 1. The number of ether oxygens (including phenoxy) is 1. The molecule has 0 fully saturated rings. The van der Waals surface area contributed by atoms with E-state index in [4.69, 9.17) is 15.7 Å². The quantitative estimate of drug-likeness (QED) is 0.847. The van der Waals surface area contributed by atoms with Crippen molar-refractivity contribution in [2.45, 2.75) is 0 Å². The van der Waals surface area contributed by atoms with E-state index < -0.39 is 0 Å². The summed E-state index contributed by atoms with van der Waals surface area (Å²) in [6.07, 6.45) is 0. The second-order valence-corrected chi connectivity index (χ2v) is 4.75. The maximum absolute atomic E-state index is 8.87. The van der Waals surface area contributed by atoms with Crippen molar-refractivity contribution in [1.29, 1.82) is 5.26 Å². The predicted octanol–water partition coefficient (Wildman–Crippen LogP) is 3.66. The van der Waals surface area contributed by atoms with Crippen molar-refractivity contribution in [3.05, 3.63) is 46.4 Å². The first-order valence-corrected chi connectivity index (χ1v) is 6.33. The first kappa shape index (κ1) is 13.2. The molecule has 2 aromatic carbocycles. The van der Waals surface area contributed by atoms with Crippen LogP contribution < -0.4 is 15.8 Å². The average Bonchev–Trinajstić information content (AvgIpc) is 2.42. The number of hydrogen-bond donors (Lipinski definition) is 2. The second-order valence-electron chi connectivity index (χ2n) is 3.89. The minimum absolute atomic E-state index is 0.554. The Morgan fingerprint density at radius 2 is 1.95 bits per heavy atom. The molecule has 0 heterocycles. The Morgan fingerprint density at radius 3 is 2.58 bits per heavy atom. The molecule has 0 atom stereocenters. The Bertz CT molecular complexity index is 650. The molecule has 19 heavy (non-hydrogen) atoms. The van der Waals surface area contributed by atoms with Crippen LogP contribution in [-0.2, 0) is 0 Å². The zero-order chi connectivity index (χ0) is 13.8. The summed E-state index contributed by atoms with van der Waals surface area (Å²) in [6, 6.07) is 12.8. The van der Waals surface area contributed by atoms with Gasteiger partial charge in [-0.15, -0.1) is 0 Å². The topological polar surface area (TPSA) is 71.1 Å². The highest BCUT2D eigenvalue weighted by Gasteiger charge is 2.07. The van der Waals surface area contributed by atoms with E-state index in [-0.39, 0.29) is 0 Å². The van der Waals surface area contributed by atoms with Crippen LogP contribution in [-0.4, -0.2) is 7.11 Å². The first-order valence-electron chi connectivity index (χ1n) is 5.54. The molecular weight excluding hydrogens is 306 g/mol. The second kappa shape index (κ2) is 5.63. The van der Waals surface area contributed by atoms with E-state index in [1.54, 1.807) is 25.3 Å². The lowest BCUT2D eigenvalue weighted by molar-refractivity contribution is 0.416. The molecule has 5 heteroatoms. The predicted molar refractivity (Wildman–Crippen MR) is 79.5 cm³/mol. The van der Waals surface area contributed by atoms with Gasteiger partial charge in [-0.1, -0.05) is 0 Å². The standard InChI is InChI=1S/C14H12BrN3O/c1-19-14-6-9(8-16)2-4-13(14)18-12-5-3-10(17)7-11(12)15/h2-7,18H,17H2,1H3. The van der Waals surface area contributed by atoms with Gasteiger partial charge in [-0.25, -0.2) is 0 Å². The number of anilines is 3. The van der Waals surface area contributed by atoms with Crippen molar-refractivity contribution in [3.63, 3.8) is 0 Å². The van der Waals surface area contributed by atoms with Crippen LogP contribution in [0.1, 0.15) is 5.56 Å². The van der Waals surface area contributed by atoms with E-state index in [1.807, 2.05) is 18.2 Å². The van der Waals surface area contributed by atoms with Gasteiger partial charge >= 0.3 is 0 Å². The van der Waals surface area contributed by atoms with Gasteiger partial charge in [-0.05, 0) is 46.3 Å². The minimum Gasteiger partial charge on any atom is -0.495 e. The maximum atomic E-state index is 8.87. The monoisotopic (exact) mass is 317 g/mol. The van der Waals surface area contributed by atoms with Crippen LogP contribution in [0.2, 0.25) is 0 Å². The third-order valence-electron chi connectivity index (χ3n) is 2.59. The van der Waals surface area contributed by atoms with E-state index in [1.165, 1.54) is 0 Å². The molecule has 0 aliphatic rings. The van der Waals surface area contributed by atoms with E-state index in [0.717, 1.165) is 15.8 Å². The molecule has 0 unspecified atom stereocenters. The van der Waals surface area contributed by atoms with E-state index >= 15 is 0 Å². The van der Waals surface area contributed by atoms with Gasteiger partial charge < -0.3 is 15.8 Å². The highest BCUT2D eigenvalue weighted by atomic mass is 79.9. The largest absolute Gasteiger partial charge is 0.495 e. The molecule has 0 aliphatic carbocycles. The highest BCUT2D eigenvalue weighted by molar-refractivity contribution is 9.10. The molecule has 0 aromatic heterocycles. The Morgan fingerprint density at radius 1 is 1.21 bits per heavy atom. The van der Waals surface area contributed by atoms with Crippen molar-refractivity contribution in [2.75, 3.05) is 18.2 Å². The number of nitrogen functional groups attached to an aromatic ring is 1. The molecule has 2 aromatic rings. The third kappa shape index (κ3) is 2.98. The lowest BCUT2D eigenvalue weighted by Gasteiger charge is -2.13. The van der Waals surface area contributed by atoms with Gasteiger partial charge in [0.2, 0.25) is 0 Å². The van der Waals surface area contributed by atoms with E-state index in [9.17, 15) is 0 Å². The molecule has 3 N–H and O–H groups in total. The van der Waals surface area contributed by atoms with Crippen molar-refractivity contribution in [2.24, 2.45) is 0 Å².